The van der Waals surface area contributed by atoms with Gasteiger partial charge in [-0.2, -0.15) is 0 Å². The number of carbonyl (C=O) groups excluding carboxylic acids is 1. The molecule has 0 saturated carbocycles. The molecule has 0 atom stereocenters. The molecule has 0 fully saturated rings. The molecule has 0 aliphatic rings. The number of nitrogens with one attached hydrogen (secondary N) is 1. The second-order valence-corrected chi connectivity index (χ2v) is 8.06. The average molecular weight is 461 g/mol. The summed E-state index contributed by atoms with van der Waals surface area (Å²) >= 11 is 0. The molecule has 35 heavy (non-hydrogen) atoms. The predicted octanol–water partition coefficient (Wildman–Crippen LogP) is 5.54. The highest BCUT2D eigenvalue weighted by atomic mass is 16.1. The number of hydrogen-bond acceptors (Lipinski definition) is 4. The monoisotopic (exact) mass is 460 g/mol. The van der Waals surface area contributed by atoms with Gasteiger partial charge in [0.05, 0.1) is 11.4 Å². The molecule has 0 aliphatic carbocycles. The lowest BCUT2D eigenvalue weighted by Gasteiger charge is -2.08. The summed E-state index contributed by atoms with van der Waals surface area (Å²) < 4.78 is 3.85. The third-order valence-electron chi connectivity index (χ3n) is 5.53. The van der Waals surface area contributed by atoms with E-state index in [0.717, 1.165) is 39.2 Å². The number of nitrogens with two attached hydrogens (primary N) is 1. The van der Waals surface area contributed by atoms with Gasteiger partial charge in [0.25, 0.3) is 0 Å². The molecule has 0 bridgehead atoms. The molecule has 6 aromatic rings. The first kappa shape index (κ1) is 21.9. The summed E-state index contributed by atoms with van der Waals surface area (Å²) in [6, 6.07) is 24.1. The maximum absolute atomic E-state index is 11.3. The molecule has 2 aromatic carbocycles. The minimum Gasteiger partial charge on any atom is -0.396 e. The summed E-state index contributed by atoms with van der Waals surface area (Å²) in [4.78, 5) is 19.7. The first-order valence-corrected chi connectivity index (χ1v) is 11.2. The van der Waals surface area contributed by atoms with Crippen molar-refractivity contribution in [2.24, 2.45) is 0 Å². The zero-order chi connectivity index (χ0) is 24.2. The molecule has 7 heteroatoms. The van der Waals surface area contributed by atoms with Crippen LogP contribution in [0.15, 0.2) is 110 Å². The summed E-state index contributed by atoms with van der Waals surface area (Å²) in [7, 11) is 0. The van der Waals surface area contributed by atoms with E-state index in [1.807, 2.05) is 94.3 Å². The van der Waals surface area contributed by atoms with E-state index in [9.17, 15) is 4.79 Å². The average Bonchev–Trinajstić information content (AvgIpc) is 3.55. The first-order chi connectivity index (χ1) is 17.1. The molecule has 6 rings (SSSR count). The van der Waals surface area contributed by atoms with Gasteiger partial charge in [0.1, 0.15) is 0 Å². The Bertz CT molecular complexity index is 1600. The topological polar surface area (TPSA) is 89.7 Å². The molecule has 0 unspecified atom stereocenters. The quantitative estimate of drug-likeness (QED) is 0.363. The number of aromatic nitrogens is 4. The number of fused-ring (bicyclic) bond motifs is 2. The molecule has 7 nitrogen and oxygen atoms in total. The third-order valence-corrected chi connectivity index (χ3v) is 5.53. The van der Waals surface area contributed by atoms with Gasteiger partial charge in [-0.15, -0.1) is 0 Å². The van der Waals surface area contributed by atoms with Crippen LogP contribution >= 0.6 is 0 Å². The lowest BCUT2D eigenvalue weighted by atomic mass is 10.1. The van der Waals surface area contributed by atoms with E-state index >= 15 is 0 Å². The molecule has 0 aliphatic heterocycles. The Morgan fingerprint density at radius 1 is 0.743 bits per heavy atom. The van der Waals surface area contributed by atoms with Gasteiger partial charge in [0.15, 0.2) is 11.3 Å². The van der Waals surface area contributed by atoms with Gasteiger partial charge >= 0.3 is 0 Å². The van der Waals surface area contributed by atoms with Gasteiger partial charge in [0, 0.05) is 55.2 Å². The number of benzene rings is 2. The van der Waals surface area contributed by atoms with Crippen LogP contribution in [0.2, 0.25) is 0 Å². The first-order valence-electron chi connectivity index (χ1n) is 11.2. The van der Waals surface area contributed by atoms with Gasteiger partial charge in [-0.25, -0.2) is 9.97 Å². The number of anilines is 2. The summed E-state index contributed by atoms with van der Waals surface area (Å²) in [5.74, 6) is -0.102. The Balaban J connectivity index is 0.000000147. The highest BCUT2D eigenvalue weighted by molar-refractivity contribution is 5.94. The van der Waals surface area contributed by atoms with Crippen LogP contribution in [0.5, 0.6) is 0 Å². The minimum absolute atomic E-state index is 0.102. The second-order valence-electron chi connectivity index (χ2n) is 8.06. The van der Waals surface area contributed by atoms with Crippen molar-refractivity contribution in [3.63, 3.8) is 0 Å². The van der Waals surface area contributed by atoms with Gasteiger partial charge in [-0.3, -0.25) is 4.79 Å². The standard InChI is InChI=1S/C15H13N3O.C13H11N3/c1-11(19)17-14-9-13(12-5-3-2-4-6-12)10-18-8-7-16-15(14)18;14-12-8-11(10-4-2-1-3-5-10)9-16-7-6-15-13(12)16/h2-10H,1H3,(H,17,19);1-9H,14H2. The summed E-state index contributed by atoms with van der Waals surface area (Å²) in [5, 5.41) is 2.82. The van der Waals surface area contributed by atoms with Crippen LogP contribution in [0.25, 0.3) is 33.5 Å². The highest BCUT2D eigenvalue weighted by Gasteiger charge is 2.08. The largest absolute Gasteiger partial charge is 0.396 e. The Hall–Kier alpha value is -4.91. The second kappa shape index (κ2) is 9.52. The zero-order valence-corrected chi connectivity index (χ0v) is 19.2. The Morgan fingerprint density at radius 2 is 1.26 bits per heavy atom. The number of rotatable bonds is 3. The number of imidazole rings is 2. The van der Waals surface area contributed by atoms with Crippen molar-refractivity contribution < 1.29 is 4.79 Å². The lowest BCUT2D eigenvalue weighted by Crippen LogP contribution is -2.07. The van der Waals surface area contributed by atoms with Crippen molar-refractivity contribution in [2.75, 3.05) is 11.1 Å². The van der Waals surface area contributed by atoms with E-state index in [2.05, 4.69) is 27.4 Å². The Kier molecular flexibility index (Phi) is 5.96. The summed E-state index contributed by atoms with van der Waals surface area (Å²) in [6.07, 6.45) is 11.3. The number of pyridine rings is 2. The number of nitrogens with zero attached hydrogens (tertiary/aromatic N) is 4. The van der Waals surface area contributed by atoms with E-state index in [-0.39, 0.29) is 5.91 Å². The normalized spacial score (nSPS) is 10.7. The number of carbonyl (C=O) groups is 1. The molecule has 172 valence electrons. The highest BCUT2D eigenvalue weighted by Crippen LogP contribution is 2.26. The molecule has 4 aromatic heterocycles. The Morgan fingerprint density at radius 3 is 1.83 bits per heavy atom. The number of nitrogen functional groups attached to an aromatic ring is 1. The minimum atomic E-state index is -0.102. The fourth-order valence-corrected chi connectivity index (χ4v) is 3.95. The fraction of sp³-hybridized carbons (Fsp3) is 0.0357. The molecule has 0 spiro atoms. The molecule has 0 radical (unpaired) electrons. The summed E-state index contributed by atoms with van der Waals surface area (Å²) in [5.41, 5.74) is 13.3. The van der Waals surface area contributed by atoms with Gasteiger partial charge in [-0.1, -0.05) is 60.7 Å². The van der Waals surface area contributed by atoms with Crippen molar-refractivity contribution in [2.45, 2.75) is 6.92 Å². The van der Waals surface area contributed by atoms with Crippen molar-refractivity contribution in [1.29, 1.82) is 0 Å². The van der Waals surface area contributed by atoms with Gasteiger partial charge in [0.2, 0.25) is 5.91 Å². The maximum Gasteiger partial charge on any atom is 0.221 e. The third kappa shape index (κ3) is 4.74. The molecule has 0 saturated heterocycles. The van der Waals surface area contributed by atoms with Crippen LogP contribution in [0.4, 0.5) is 11.4 Å². The van der Waals surface area contributed by atoms with Crippen LogP contribution in [0.3, 0.4) is 0 Å². The van der Waals surface area contributed by atoms with Crippen molar-refractivity contribution in [1.82, 2.24) is 18.8 Å². The summed E-state index contributed by atoms with van der Waals surface area (Å²) in [6.45, 7) is 1.49. The predicted molar refractivity (Wildman–Crippen MR) is 140 cm³/mol. The van der Waals surface area contributed by atoms with Crippen LogP contribution in [0, 0.1) is 0 Å². The van der Waals surface area contributed by atoms with E-state index < -0.39 is 0 Å². The van der Waals surface area contributed by atoms with Crippen molar-refractivity contribution in [3.8, 4) is 22.3 Å². The van der Waals surface area contributed by atoms with E-state index in [0.29, 0.717) is 5.69 Å². The van der Waals surface area contributed by atoms with Crippen LogP contribution < -0.4 is 11.1 Å². The smallest absolute Gasteiger partial charge is 0.221 e. The van der Waals surface area contributed by atoms with Crippen molar-refractivity contribution in [3.05, 3.63) is 110 Å². The number of hydrogen-bond donors (Lipinski definition) is 2. The zero-order valence-electron chi connectivity index (χ0n) is 19.2. The Labute approximate surface area is 202 Å². The molecule has 4 heterocycles. The maximum atomic E-state index is 11.3. The van der Waals surface area contributed by atoms with E-state index in [1.54, 1.807) is 12.4 Å². The molecular formula is C28H24N6O. The molecular weight excluding hydrogens is 436 g/mol. The SMILES string of the molecule is CC(=O)Nc1cc(-c2ccccc2)cn2ccnc12.Nc1cc(-c2ccccc2)cn2ccnc12. The van der Waals surface area contributed by atoms with E-state index in [4.69, 9.17) is 5.73 Å². The van der Waals surface area contributed by atoms with Gasteiger partial charge < -0.3 is 19.9 Å². The molecule has 3 N–H and O–H groups in total. The van der Waals surface area contributed by atoms with Crippen molar-refractivity contribution >= 4 is 28.6 Å². The van der Waals surface area contributed by atoms with Crippen LogP contribution in [0.1, 0.15) is 6.92 Å². The molecule has 1 amide bonds. The van der Waals surface area contributed by atoms with Crippen LogP contribution in [-0.4, -0.2) is 24.7 Å². The number of amides is 1. The lowest BCUT2D eigenvalue weighted by molar-refractivity contribution is -0.114. The van der Waals surface area contributed by atoms with E-state index in [1.165, 1.54) is 6.92 Å². The van der Waals surface area contributed by atoms with Crippen LogP contribution in [-0.2, 0) is 4.79 Å². The van der Waals surface area contributed by atoms with Gasteiger partial charge in [-0.05, 0) is 23.3 Å². The fourth-order valence-electron chi connectivity index (χ4n) is 3.95.